The average molecular weight is 456 g/mol. The summed E-state index contributed by atoms with van der Waals surface area (Å²) in [6.07, 6.45) is -2.67. The lowest BCUT2D eigenvalue weighted by Crippen LogP contribution is -2.40. The summed E-state index contributed by atoms with van der Waals surface area (Å²) in [6, 6.07) is 9.25. The van der Waals surface area contributed by atoms with Gasteiger partial charge in [-0.15, -0.1) is 0 Å². The molecule has 0 spiro atoms. The van der Waals surface area contributed by atoms with Crippen molar-refractivity contribution in [2.24, 2.45) is 5.92 Å². The molecule has 1 aliphatic rings. The van der Waals surface area contributed by atoms with E-state index in [9.17, 15) is 26.4 Å². The standard InChI is InChI=1S/C21H23F3N2O4S/c1-15-9-11-26(12-10-15)20(27)14-30-18-5-7-19(8-6-18)31(28,29)25-17-4-2-3-16(13-17)21(22,23)24/h2-8,13,15,25H,9-12,14H2,1H3. The summed E-state index contributed by atoms with van der Waals surface area (Å²) in [7, 11) is -4.09. The molecule has 0 aliphatic carbocycles. The summed E-state index contributed by atoms with van der Waals surface area (Å²) in [6.45, 7) is 3.39. The van der Waals surface area contributed by atoms with Gasteiger partial charge in [-0.1, -0.05) is 13.0 Å². The van der Waals surface area contributed by atoms with Crippen molar-refractivity contribution >= 4 is 21.6 Å². The highest BCUT2D eigenvalue weighted by molar-refractivity contribution is 7.92. The molecule has 10 heteroatoms. The molecule has 2 aromatic carbocycles. The van der Waals surface area contributed by atoms with Gasteiger partial charge in [0.05, 0.1) is 10.5 Å². The van der Waals surface area contributed by atoms with E-state index in [2.05, 4.69) is 11.6 Å². The Morgan fingerprint density at radius 3 is 2.39 bits per heavy atom. The Bertz CT molecular complexity index is 1020. The summed E-state index contributed by atoms with van der Waals surface area (Å²) in [5.41, 5.74) is -1.15. The molecule has 2 aromatic rings. The predicted octanol–water partition coefficient (Wildman–Crippen LogP) is 4.14. The van der Waals surface area contributed by atoms with Crippen molar-refractivity contribution in [1.29, 1.82) is 0 Å². The average Bonchev–Trinajstić information content (AvgIpc) is 2.72. The number of carbonyl (C=O) groups excluding carboxylic acids is 1. The van der Waals surface area contributed by atoms with E-state index in [1.807, 2.05) is 0 Å². The second kappa shape index (κ2) is 9.17. The fourth-order valence-electron chi connectivity index (χ4n) is 3.18. The molecule has 1 aliphatic heterocycles. The van der Waals surface area contributed by atoms with Crippen molar-refractivity contribution in [2.45, 2.75) is 30.8 Å². The number of amides is 1. The van der Waals surface area contributed by atoms with Gasteiger partial charge >= 0.3 is 6.18 Å². The van der Waals surface area contributed by atoms with E-state index in [0.29, 0.717) is 24.8 Å². The lowest BCUT2D eigenvalue weighted by molar-refractivity contribution is -0.137. The number of nitrogens with zero attached hydrogens (tertiary/aromatic N) is 1. The SMILES string of the molecule is CC1CCN(C(=O)COc2ccc(S(=O)(=O)Nc3cccc(C(F)(F)F)c3)cc2)CC1. The first-order valence-electron chi connectivity index (χ1n) is 9.75. The minimum absolute atomic E-state index is 0.130. The topological polar surface area (TPSA) is 75.7 Å². The fourth-order valence-corrected chi connectivity index (χ4v) is 4.23. The molecule has 31 heavy (non-hydrogen) atoms. The smallest absolute Gasteiger partial charge is 0.416 e. The van der Waals surface area contributed by atoms with Gasteiger partial charge < -0.3 is 9.64 Å². The summed E-state index contributed by atoms with van der Waals surface area (Å²) < 4.78 is 71.0. The first kappa shape index (κ1) is 22.9. The minimum Gasteiger partial charge on any atom is -0.484 e. The number of hydrogen-bond donors (Lipinski definition) is 1. The number of hydrogen-bond acceptors (Lipinski definition) is 4. The first-order chi connectivity index (χ1) is 14.5. The van der Waals surface area contributed by atoms with Crippen LogP contribution in [0.4, 0.5) is 18.9 Å². The van der Waals surface area contributed by atoms with Crippen LogP contribution in [0, 0.1) is 5.92 Å². The third kappa shape index (κ3) is 6.13. The van der Waals surface area contributed by atoms with E-state index in [1.54, 1.807) is 4.90 Å². The highest BCUT2D eigenvalue weighted by atomic mass is 32.2. The molecule has 1 saturated heterocycles. The highest BCUT2D eigenvalue weighted by Gasteiger charge is 2.30. The van der Waals surface area contributed by atoms with Crippen LogP contribution >= 0.6 is 0 Å². The molecule has 6 nitrogen and oxygen atoms in total. The van der Waals surface area contributed by atoms with Gasteiger partial charge in [0.15, 0.2) is 6.61 Å². The molecule has 1 amide bonds. The number of ether oxygens (including phenoxy) is 1. The molecular formula is C21H23F3N2O4S. The van der Waals surface area contributed by atoms with Crippen LogP contribution in [0.5, 0.6) is 5.75 Å². The normalized spacial score (nSPS) is 15.5. The molecular weight excluding hydrogens is 433 g/mol. The number of alkyl halides is 3. The molecule has 0 saturated carbocycles. The van der Waals surface area contributed by atoms with Crippen LogP contribution in [0.25, 0.3) is 0 Å². The van der Waals surface area contributed by atoms with Crippen LogP contribution in [-0.2, 0) is 21.0 Å². The summed E-state index contributed by atoms with van der Waals surface area (Å²) in [5.74, 6) is 0.788. The number of nitrogens with one attached hydrogen (secondary N) is 1. The van der Waals surface area contributed by atoms with E-state index in [1.165, 1.54) is 30.3 Å². The van der Waals surface area contributed by atoms with Crippen molar-refractivity contribution < 1.29 is 31.1 Å². The maximum Gasteiger partial charge on any atom is 0.416 e. The number of sulfonamides is 1. The van der Waals surface area contributed by atoms with E-state index in [4.69, 9.17) is 4.74 Å². The van der Waals surface area contributed by atoms with Crippen LogP contribution in [0.3, 0.4) is 0 Å². The Morgan fingerprint density at radius 1 is 1.13 bits per heavy atom. The van der Waals surface area contributed by atoms with Crippen molar-refractivity contribution in [3.63, 3.8) is 0 Å². The molecule has 0 aromatic heterocycles. The van der Waals surface area contributed by atoms with Crippen LogP contribution < -0.4 is 9.46 Å². The van der Waals surface area contributed by atoms with Crippen LogP contribution in [0.15, 0.2) is 53.4 Å². The molecule has 0 atom stereocenters. The van der Waals surface area contributed by atoms with Crippen molar-refractivity contribution in [1.82, 2.24) is 4.90 Å². The lowest BCUT2D eigenvalue weighted by Gasteiger charge is -2.30. The lowest BCUT2D eigenvalue weighted by atomic mass is 9.99. The van der Waals surface area contributed by atoms with Gasteiger partial charge in [0.25, 0.3) is 15.9 Å². The van der Waals surface area contributed by atoms with Crippen molar-refractivity contribution in [3.05, 3.63) is 54.1 Å². The molecule has 0 radical (unpaired) electrons. The Balaban J connectivity index is 1.60. The number of likely N-dealkylation sites (tertiary alicyclic amines) is 1. The number of carbonyl (C=O) groups is 1. The van der Waals surface area contributed by atoms with Gasteiger partial charge in [-0.3, -0.25) is 9.52 Å². The molecule has 1 heterocycles. The third-order valence-corrected chi connectivity index (χ3v) is 6.47. The third-order valence-electron chi connectivity index (χ3n) is 5.07. The van der Waals surface area contributed by atoms with Gasteiger partial charge in [0.2, 0.25) is 0 Å². The highest BCUT2D eigenvalue weighted by Crippen LogP contribution is 2.31. The van der Waals surface area contributed by atoms with Gasteiger partial charge in [0, 0.05) is 18.8 Å². The monoisotopic (exact) mass is 456 g/mol. The van der Waals surface area contributed by atoms with Crippen molar-refractivity contribution in [3.8, 4) is 5.75 Å². The fraction of sp³-hybridized carbons (Fsp3) is 0.381. The Hall–Kier alpha value is -2.75. The van der Waals surface area contributed by atoms with E-state index in [0.717, 1.165) is 31.0 Å². The zero-order valence-electron chi connectivity index (χ0n) is 16.9. The largest absolute Gasteiger partial charge is 0.484 e. The molecule has 0 bridgehead atoms. The quantitative estimate of drug-likeness (QED) is 0.709. The minimum atomic E-state index is -4.58. The predicted molar refractivity (Wildman–Crippen MR) is 109 cm³/mol. The number of anilines is 1. The number of piperidine rings is 1. The molecule has 3 rings (SSSR count). The first-order valence-corrected chi connectivity index (χ1v) is 11.2. The van der Waals surface area contributed by atoms with E-state index >= 15 is 0 Å². The van der Waals surface area contributed by atoms with Gasteiger partial charge in [-0.25, -0.2) is 8.42 Å². The molecule has 1 N–H and O–H groups in total. The summed E-state index contributed by atoms with van der Waals surface area (Å²) >= 11 is 0. The van der Waals surface area contributed by atoms with Crippen LogP contribution in [-0.4, -0.2) is 38.9 Å². The second-order valence-electron chi connectivity index (χ2n) is 7.51. The molecule has 168 valence electrons. The number of halogens is 3. The summed E-state index contributed by atoms with van der Waals surface area (Å²) in [4.78, 5) is 13.8. The Morgan fingerprint density at radius 2 is 1.77 bits per heavy atom. The maximum absolute atomic E-state index is 12.8. The zero-order chi connectivity index (χ0) is 22.6. The summed E-state index contributed by atoms with van der Waals surface area (Å²) in [5, 5.41) is 0. The van der Waals surface area contributed by atoms with Crippen molar-refractivity contribution in [2.75, 3.05) is 24.4 Å². The van der Waals surface area contributed by atoms with Gasteiger partial charge in [0.1, 0.15) is 5.75 Å². The number of benzene rings is 2. The van der Waals surface area contributed by atoms with E-state index in [-0.39, 0.29) is 23.1 Å². The zero-order valence-corrected chi connectivity index (χ0v) is 17.7. The van der Waals surface area contributed by atoms with Gasteiger partial charge in [-0.05, 0) is 61.2 Å². The Kier molecular flexibility index (Phi) is 6.78. The molecule has 1 fully saturated rings. The van der Waals surface area contributed by atoms with Gasteiger partial charge in [-0.2, -0.15) is 13.2 Å². The number of rotatable bonds is 6. The van der Waals surface area contributed by atoms with E-state index < -0.39 is 21.8 Å². The van der Waals surface area contributed by atoms with Crippen LogP contribution in [0.2, 0.25) is 0 Å². The second-order valence-corrected chi connectivity index (χ2v) is 9.19. The maximum atomic E-state index is 12.8. The van der Waals surface area contributed by atoms with Crippen LogP contribution in [0.1, 0.15) is 25.3 Å². The molecule has 0 unspecified atom stereocenters. The Labute approximate surface area is 179 Å².